The smallest absolute Gasteiger partial charge is 0.230 e. The van der Waals surface area contributed by atoms with Crippen LogP contribution in [0.3, 0.4) is 0 Å². The molecule has 8 heteroatoms. The summed E-state index contributed by atoms with van der Waals surface area (Å²) in [5.41, 5.74) is 1.69. The number of ether oxygens (including phenoxy) is 3. The van der Waals surface area contributed by atoms with Crippen LogP contribution in [0.4, 0.5) is 0 Å². The Morgan fingerprint density at radius 1 is 1.10 bits per heavy atom. The van der Waals surface area contributed by atoms with E-state index >= 15 is 0 Å². The monoisotopic (exact) mass is 422 g/mol. The van der Waals surface area contributed by atoms with Gasteiger partial charge in [0.2, 0.25) is 5.88 Å². The Balaban J connectivity index is 1.57. The highest BCUT2D eigenvalue weighted by atomic mass is 16.5. The summed E-state index contributed by atoms with van der Waals surface area (Å²) in [6, 6.07) is 11.6. The SMILES string of the molecule is COc1cc2c(Oc3ccc4[nH]ccc4c3)ncnc2cc1OC[C@@H](O)CNC(C)C. The van der Waals surface area contributed by atoms with Crippen molar-refractivity contribution in [3.63, 3.8) is 0 Å². The maximum absolute atomic E-state index is 10.1. The molecule has 0 aliphatic carbocycles. The average Bonchev–Trinajstić information content (AvgIpc) is 3.23. The van der Waals surface area contributed by atoms with E-state index in [1.165, 1.54) is 6.33 Å². The van der Waals surface area contributed by atoms with Gasteiger partial charge in [0.15, 0.2) is 11.5 Å². The van der Waals surface area contributed by atoms with Crippen molar-refractivity contribution in [1.82, 2.24) is 20.3 Å². The molecule has 0 amide bonds. The van der Waals surface area contributed by atoms with Crippen molar-refractivity contribution in [2.75, 3.05) is 20.3 Å². The number of hydrogen-bond donors (Lipinski definition) is 3. The number of methoxy groups -OCH3 is 1. The number of aliphatic hydroxyl groups is 1. The summed E-state index contributed by atoms with van der Waals surface area (Å²) >= 11 is 0. The van der Waals surface area contributed by atoms with Gasteiger partial charge >= 0.3 is 0 Å². The fraction of sp³-hybridized carbons (Fsp3) is 0.304. The molecule has 2 aromatic heterocycles. The first-order chi connectivity index (χ1) is 15.0. The van der Waals surface area contributed by atoms with Gasteiger partial charge in [0.25, 0.3) is 0 Å². The van der Waals surface area contributed by atoms with E-state index in [0.717, 1.165) is 10.9 Å². The van der Waals surface area contributed by atoms with Crippen LogP contribution in [-0.4, -0.2) is 52.5 Å². The van der Waals surface area contributed by atoms with E-state index in [2.05, 4.69) is 20.3 Å². The van der Waals surface area contributed by atoms with Crippen LogP contribution in [0.15, 0.2) is 48.9 Å². The molecule has 162 valence electrons. The van der Waals surface area contributed by atoms with Crippen LogP contribution in [0, 0.1) is 0 Å². The van der Waals surface area contributed by atoms with E-state index in [1.807, 2.05) is 44.3 Å². The summed E-state index contributed by atoms with van der Waals surface area (Å²) in [5.74, 6) is 2.10. The van der Waals surface area contributed by atoms with E-state index in [9.17, 15) is 5.11 Å². The molecule has 0 saturated carbocycles. The van der Waals surface area contributed by atoms with Crippen LogP contribution in [0.25, 0.3) is 21.8 Å². The number of nitrogens with zero attached hydrogens (tertiary/aromatic N) is 2. The highest BCUT2D eigenvalue weighted by molar-refractivity contribution is 5.87. The van der Waals surface area contributed by atoms with Gasteiger partial charge in [0, 0.05) is 35.8 Å². The number of aromatic nitrogens is 3. The second-order valence-electron chi connectivity index (χ2n) is 7.56. The Kier molecular flexibility index (Phi) is 6.20. The van der Waals surface area contributed by atoms with E-state index in [4.69, 9.17) is 14.2 Å². The number of fused-ring (bicyclic) bond motifs is 2. The van der Waals surface area contributed by atoms with Gasteiger partial charge in [0.05, 0.1) is 18.0 Å². The van der Waals surface area contributed by atoms with Crippen LogP contribution in [-0.2, 0) is 0 Å². The van der Waals surface area contributed by atoms with Gasteiger partial charge in [-0.05, 0) is 30.3 Å². The fourth-order valence-electron chi connectivity index (χ4n) is 3.22. The third kappa shape index (κ3) is 4.87. The molecular formula is C23H26N4O4. The summed E-state index contributed by atoms with van der Waals surface area (Å²) in [6.45, 7) is 4.62. The third-order valence-corrected chi connectivity index (χ3v) is 4.82. The van der Waals surface area contributed by atoms with Crippen molar-refractivity contribution in [3.05, 3.63) is 48.9 Å². The lowest BCUT2D eigenvalue weighted by atomic mass is 10.2. The molecule has 3 N–H and O–H groups in total. The van der Waals surface area contributed by atoms with Gasteiger partial charge in [-0.2, -0.15) is 0 Å². The second kappa shape index (κ2) is 9.20. The van der Waals surface area contributed by atoms with Gasteiger partial charge in [-0.15, -0.1) is 0 Å². The Morgan fingerprint density at radius 2 is 1.97 bits per heavy atom. The largest absolute Gasteiger partial charge is 0.493 e. The minimum Gasteiger partial charge on any atom is -0.493 e. The zero-order valence-electron chi connectivity index (χ0n) is 17.8. The zero-order valence-corrected chi connectivity index (χ0v) is 17.8. The molecule has 0 radical (unpaired) electrons. The molecular weight excluding hydrogens is 396 g/mol. The lowest BCUT2D eigenvalue weighted by Gasteiger charge is -2.17. The highest BCUT2D eigenvalue weighted by Crippen LogP contribution is 2.36. The molecule has 2 aromatic carbocycles. The van der Waals surface area contributed by atoms with Crippen LogP contribution in [0.2, 0.25) is 0 Å². The fourth-order valence-corrected chi connectivity index (χ4v) is 3.22. The molecule has 0 aliphatic rings. The average molecular weight is 422 g/mol. The van der Waals surface area contributed by atoms with Crippen molar-refractivity contribution in [1.29, 1.82) is 0 Å². The first kappa shape index (κ1) is 20.9. The number of rotatable bonds is 9. The molecule has 0 saturated heterocycles. The Hall–Kier alpha value is -3.36. The van der Waals surface area contributed by atoms with Gasteiger partial charge in [-0.25, -0.2) is 9.97 Å². The lowest BCUT2D eigenvalue weighted by Crippen LogP contribution is -2.35. The molecule has 0 fully saturated rings. The van der Waals surface area contributed by atoms with E-state index < -0.39 is 6.10 Å². The van der Waals surface area contributed by atoms with Crippen LogP contribution in [0.1, 0.15) is 13.8 Å². The number of benzene rings is 2. The maximum atomic E-state index is 10.1. The van der Waals surface area contributed by atoms with E-state index in [0.29, 0.717) is 40.6 Å². The molecule has 4 aromatic rings. The van der Waals surface area contributed by atoms with Gasteiger partial charge in [-0.3, -0.25) is 0 Å². The van der Waals surface area contributed by atoms with Crippen LogP contribution >= 0.6 is 0 Å². The minimum atomic E-state index is -0.643. The normalized spacial score (nSPS) is 12.4. The molecule has 0 bridgehead atoms. The van der Waals surface area contributed by atoms with Crippen LogP contribution in [0.5, 0.6) is 23.1 Å². The molecule has 2 heterocycles. The van der Waals surface area contributed by atoms with Crippen molar-refractivity contribution < 1.29 is 19.3 Å². The Labute approximate surface area is 180 Å². The predicted octanol–water partition coefficient (Wildman–Crippen LogP) is 3.65. The van der Waals surface area contributed by atoms with Gasteiger partial charge in [-0.1, -0.05) is 13.8 Å². The molecule has 0 spiro atoms. The van der Waals surface area contributed by atoms with E-state index in [1.54, 1.807) is 19.2 Å². The van der Waals surface area contributed by atoms with Gasteiger partial charge < -0.3 is 29.6 Å². The molecule has 4 rings (SSSR count). The van der Waals surface area contributed by atoms with Crippen molar-refractivity contribution in [2.24, 2.45) is 0 Å². The summed E-state index contributed by atoms with van der Waals surface area (Å²) in [4.78, 5) is 11.8. The quantitative estimate of drug-likeness (QED) is 0.378. The van der Waals surface area contributed by atoms with E-state index in [-0.39, 0.29) is 12.6 Å². The Bertz CT molecular complexity index is 1170. The second-order valence-corrected chi connectivity index (χ2v) is 7.56. The summed E-state index contributed by atoms with van der Waals surface area (Å²) < 4.78 is 17.4. The molecule has 0 aliphatic heterocycles. The third-order valence-electron chi connectivity index (χ3n) is 4.82. The highest BCUT2D eigenvalue weighted by Gasteiger charge is 2.15. The maximum Gasteiger partial charge on any atom is 0.230 e. The standard InChI is InChI=1S/C23H26N4O4/c1-14(2)25-11-16(28)12-30-22-10-20-18(9-21(22)29-3)23(27-13-26-20)31-17-4-5-19-15(8-17)6-7-24-19/h4-10,13-14,16,24-25,28H,11-12H2,1-3H3/t16-/m0/s1. The molecule has 31 heavy (non-hydrogen) atoms. The number of H-pyrrole nitrogens is 1. The number of aliphatic hydroxyl groups excluding tert-OH is 1. The topological polar surface area (TPSA) is 102 Å². The van der Waals surface area contributed by atoms with Crippen molar-refractivity contribution in [2.45, 2.75) is 26.0 Å². The lowest BCUT2D eigenvalue weighted by molar-refractivity contribution is 0.103. The predicted molar refractivity (Wildman–Crippen MR) is 119 cm³/mol. The number of hydrogen-bond acceptors (Lipinski definition) is 7. The first-order valence-corrected chi connectivity index (χ1v) is 10.2. The summed E-state index contributed by atoms with van der Waals surface area (Å²) in [7, 11) is 1.56. The van der Waals surface area contributed by atoms with Gasteiger partial charge in [0.1, 0.15) is 24.8 Å². The molecule has 8 nitrogen and oxygen atoms in total. The minimum absolute atomic E-state index is 0.132. The molecule has 0 unspecified atom stereocenters. The first-order valence-electron chi connectivity index (χ1n) is 10.2. The van der Waals surface area contributed by atoms with Crippen molar-refractivity contribution in [3.8, 4) is 23.1 Å². The van der Waals surface area contributed by atoms with Crippen LogP contribution < -0.4 is 19.5 Å². The zero-order chi connectivity index (χ0) is 21.8. The number of aromatic amines is 1. The molecule has 1 atom stereocenters. The summed E-state index contributed by atoms with van der Waals surface area (Å²) in [5, 5.41) is 15.1. The number of nitrogens with one attached hydrogen (secondary N) is 2. The summed E-state index contributed by atoms with van der Waals surface area (Å²) in [6.07, 6.45) is 2.69. The van der Waals surface area contributed by atoms with Crippen molar-refractivity contribution >= 4 is 21.8 Å². The Morgan fingerprint density at radius 3 is 2.77 bits per heavy atom.